The Morgan fingerprint density at radius 2 is 1.87 bits per heavy atom. The van der Waals surface area contributed by atoms with Crippen molar-refractivity contribution < 1.29 is 9.47 Å². The van der Waals surface area contributed by atoms with Gasteiger partial charge in [-0.1, -0.05) is 25.3 Å². The Morgan fingerprint density at radius 3 is 2.47 bits per heavy atom. The Labute approximate surface area is 195 Å². The molecule has 2 N–H and O–H groups in total. The zero-order valence-electron chi connectivity index (χ0n) is 18.3. The summed E-state index contributed by atoms with van der Waals surface area (Å²) < 4.78 is 12.7. The molecule has 2 aromatic rings. The molecule has 0 atom stereocenters. The first-order valence-corrected chi connectivity index (χ1v) is 10.1. The molecule has 1 aliphatic carbocycles. The van der Waals surface area contributed by atoms with Gasteiger partial charge < -0.3 is 20.1 Å². The second-order valence-corrected chi connectivity index (χ2v) is 7.49. The zero-order chi connectivity index (χ0) is 20.7. The summed E-state index contributed by atoms with van der Waals surface area (Å²) >= 11 is 0. The van der Waals surface area contributed by atoms with Gasteiger partial charge in [-0.2, -0.15) is 5.10 Å². The molecule has 9 heteroatoms. The smallest absolute Gasteiger partial charge is 0.191 e. The molecule has 3 rings (SSSR count). The summed E-state index contributed by atoms with van der Waals surface area (Å²) in [6.07, 6.45) is 7.56. The fraction of sp³-hybridized carbons (Fsp3) is 0.571. The molecular weight excluding hydrogens is 495 g/mol. The molecule has 0 saturated heterocycles. The van der Waals surface area contributed by atoms with Gasteiger partial charge in [-0.05, 0) is 30.5 Å². The monoisotopic (exact) mass is 528 g/mol. The standard InChI is InChI=1S/C21H32N6O2.HI/c1-22-20(23-13-19-25-15-26-27(19)2)24-14-21(10-6-5-7-11-21)16-8-9-17(28-3)18(12-16)29-4;/h8-9,12,15H,5-7,10-11,13-14H2,1-4H3,(H2,22,23,24);1H. The van der Waals surface area contributed by atoms with E-state index in [0.717, 1.165) is 42.7 Å². The molecule has 1 aromatic carbocycles. The van der Waals surface area contributed by atoms with Crippen LogP contribution in [0.5, 0.6) is 11.5 Å². The van der Waals surface area contributed by atoms with E-state index in [1.54, 1.807) is 32.3 Å². The van der Waals surface area contributed by atoms with E-state index in [-0.39, 0.29) is 29.4 Å². The summed E-state index contributed by atoms with van der Waals surface area (Å²) in [6, 6.07) is 6.30. The molecule has 0 unspecified atom stereocenters. The molecule has 0 bridgehead atoms. The van der Waals surface area contributed by atoms with Crippen molar-refractivity contribution in [2.75, 3.05) is 27.8 Å². The van der Waals surface area contributed by atoms with Crippen LogP contribution in [-0.2, 0) is 19.0 Å². The lowest BCUT2D eigenvalue weighted by molar-refractivity contribution is 0.288. The number of nitrogens with one attached hydrogen (secondary N) is 2. The van der Waals surface area contributed by atoms with E-state index in [2.05, 4.69) is 37.8 Å². The largest absolute Gasteiger partial charge is 0.493 e. The first kappa shape index (κ1) is 24.2. The lowest BCUT2D eigenvalue weighted by Crippen LogP contribution is -2.46. The molecule has 1 fully saturated rings. The maximum absolute atomic E-state index is 5.55. The molecule has 1 heterocycles. The van der Waals surface area contributed by atoms with Gasteiger partial charge in [-0.25, -0.2) is 4.98 Å². The Balaban J connectivity index is 0.00000320. The van der Waals surface area contributed by atoms with Crippen LogP contribution in [0.15, 0.2) is 29.5 Å². The first-order valence-electron chi connectivity index (χ1n) is 10.1. The van der Waals surface area contributed by atoms with Gasteiger partial charge in [-0.3, -0.25) is 9.67 Å². The van der Waals surface area contributed by atoms with Gasteiger partial charge in [0.2, 0.25) is 0 Å². The molecule has 0 amide bonds. The Hall–Kier alpha value is -2.04. The number of hydrogen-bond donors (Lipinski definition) is 2. The minimum atomic E-state index is 0. The minimum Gasteiger partial charge on any atom is -0.493 e. The topological polar surface area (TPSA) is 85.6 Å². The second kappa shape index (κ2) is 11.4. The van der Waals surface area contributed by atoms with E-state index >= 15 is 0 Å². The van der Waals surface area contributed by atoms with Crippen LogP contribution in [-0.4, -0.2) is 48.5 Å². The predicted molar refractivity (Wildman–Crippen MR) is 129 cm³/mol. The van der Waals surface area contributed by atoms with Crippen LogP contribution >= 0.6 is 24.0 Å². The molecule has 1 saturated carbocycles. The molecule has 1 aliphatic rings. The van der Waals surface area contributed by atoms with Crippen LogP contribution in [0.3, 0.4) is 0 Å². The number of rotatable bonds is 7. The lowest BCUT2D eigenvalue weighted by Gasteiger charge is -2.38. The van der Waals surface area contributed by atoms with Gasteiger partial charge in [-0.15, -0.1) is 24.0 Å². The van der Waals surface area contributed by atoms with Crippen molar-refractivity contribution in [2.45, 2.75) is 44.1 Å². The van der Waals surface area contributed by atoms with Gasteiger partial charge in [0.15, 0.2) is 17.5 Å². The molecular formula is C21H33IN6O2. The zero-order valence-corrected chi connectivity index (χ0v) is 20.6. The number of aromatic nitrogens is 3. The van der Waals surface area contributed by atoms with Crippen molar-refractivity contribution in [2.24, 2.45) is 12.0 Å². The number of hydrogen-bond acceptors (Lipinski definition) is 5. The van der Waals surface area contributed by atoms with E-state index < -0.39 is 0 Å². The number of ether oxygens (including phenoxy) is 2. The highest BCUT2D eigenvalue weighted by Crippen LogP contribution is 2.42. The third-order valence-corrected chi connectivity index (χ3v) is 5.84. The van der Waals surface area contributed by atoms with E-state index in [9.17, 15) is 0 Å². The number of guanidine groups is 1. The van der Waals surface area contributed by atoms with E-state index in [0.29, 0.717) is 6.54 Å². The Morgan fingerprint density at radius 1 is 1.13 bits per heavy atom. The van der Waals surface area contributed by atoms with Crippen LogP contribution in [0.2, 0.25) is 0 Å². The fourth-order valence-corrected chi connectivity index (χ4v) is 4.08. The van der Waals surface area contributed by atoms with Gasteiger partial charge in [0.05, 0.1) is 20.8 Å². The van der Waals surface area contributed by atoms with Crippen molar-refractivity contribution in [1.82, 2.24) is 25.4 Å². The highest BCUT2D eigenvalue weighted by Gasteiger charge is 2.34. The third-order valence-electron chi connectivity index (χ3n) is 5.84. The molecule has 166 valence electrons. The van der Waals surface area contributed by atoms with Crippen molar-refractivity contribution in [3.8, 4) is 11.5 Å². The second-order valence-electron chi connectivity index (χ2n) is 7.49. The average Bonchev–Trinajstić information content (AvgIpc) is 3.18. The van der Waals surface area contributed by atoms with Crippen molar-refractivity contribution in [3.63, 3.8) is 0 Å². The highest BCUT2D eigenvalue weighted by atomic mass is 127. The molecule has 1 aromatic heterocycles. The van der Waals surface area contributed by atoms with Crippen LogP contribution in [0.25, 0.3) is 0 Å². The number of aliphatic imine (C=N–C) groups is 1. The fourth-order valence-electron chi connectivity index (χ4n) is 4.08. The Kier molecular flexibility index (Phi) is 9.19. The predicted octanol–water partition coefficient (Wildman–Crippen LogP) is 3.02. The number of halogens is 1. The quantitative estimate of drug-likeness (QED) is 0.327. The van der Waals surface area contributed by atoms with Crippen molar-refractivity contribution in [1.29, 1.82) is 0 Å². The lowest BCUT2D eigenvalue weighted by atomic mass is 9.69. The van der Waals surface area contributed by atoms with Gasteiger partial charge >= 0.3 is 0 Å². The number of benzene rings is 1. The van der Waals surface area contributed by atoms with Crippen LogP contribution in [0.1, 0.15) is 43.5 Å². The first-order chi connectivity index (χ1) is 14.1. The van der Waals surface area contributed by atoms with Gasteiger partial charge in [0, 0.05) is 26.1 Å². The highest BCUT2D eigenvalue weighted by molar-refractivity contribution is 14.0. The van der Waals surface area contributed by atoms with Crippen LogP contribution in [0, 0.1) is 0 Å². The summed E-state index contributed by atoms with van der Waals surface area (Å²) in [5, 5.41) is 11.0. The summed E-state index contributed by atoms with van der Waals surface area (Å²) in [5.74, 6) is 3.16. The van der Waals surface area contributed by atoms with E-state index in [1.807, 2.05) is 13.1 Å². The number of nitrogens with zero attached hydrogens (tertiary/aromatic N) is 4. The maximum Gasteiger partial charge on any atom is 0.191 e. The van der Waals surface area contributed by atoms with Crippen molar-refractivity contribution in [3.05, 3.63) is 35.9 Å². The summed E-state index contributed by atoms with van der Waals surface area (Å²) in [7, 11) is 7.03. The molecule has 0 spiro atoms. The van der Waals surface area contributed by atoms with Gasteiger partial charge in [0.1, 0.15) is 12.2 Å². The van der Waals surface area contributed by atoms with E-state index in [1.165, 1.54) is 24.8 Å². The van der Waals surface area contributed by atoms with Gasteiger partial charge in [0.25, 0.3) is 0 Å². The normalized spacial score (nSPS) is 15.8. The summed E-state index contributed by atoms with van der Waals surface area (Å²) in [6.45, 7) is 1.38. The molecule has 8 nitrogen and oxygen atoms in total. The SMILES string of the molecule is CN=C(NCc1ncnn1C)NCC1(c2ccc(OC)c(OC)c2)CCCCC1.I. The molecule has 30 heavy (non-hydrogen) atoms. The maximum atomic E-state index is 5.55. The summed E-state index contributed by atoms with van der Waals surface area (Å²) in [5.41, 5.74) is 1.33. The third kappa shape index (κ3) is 5.55. The number of methoxy groups -OCH3 is 2. The van der Waals surface area contributed by atoms with Crippen molar-refractivity contribution >= 4 is 29.9 Å². The average molecular weight is 528 g/mol. The van der Waals surface area contributed by atoms with Crippen LogP contribution in [0.4, 0.5) is 0 Å². The number of aryl methyl sites for hydroxylation is 1. The molecule has 0 radical (unpaired) electrons. The van der Waals surface area contributed by atoms with Crippen LogP contribution < -0.4 is 20.1 Å². The Bertz CT molecular complexity index is 833. The van der Waals surface area contributed by atoms with E-state index in [4.69, 9.17) is 9.47 Å². The summed E-state index contributed by atoms with van der Waals surface area (Å²) in [4.78, 5) is 8.63. The molecule has 0 aliphatic heterocycles. The minimum absolute atomic E-state index is 0.